The second-order valence-electron chi connectivity index (χ2n) is 11.0. The summed E-state index contributed by atoms with van der Waals surface area (Å²) in [5.74, 6) is -4.10. The Balaban J connectivity index is 1.59. The van der Waals surface area contributed by atoms with Crippen LogP contribution in [0.5, 0.6) is 0 Å². The van der Waals surface area contributed by atoms with Crippen molar-refractivity contribution >= 4 is 29.1 Å². The zero-order chi connectivity index (χ0) is 29.8. The largest absolute Gasteiger partial charge is 0.395 e. The van der Waals surface area contributed by atoms with Crippen LogP contribution in [0.25, 0.3) is 11.1 Å². The molecule has 3 heterocycles. The maximum Gasteiger partial charge on any atom is 0.281 e. The summed E-state index contributed by atoms with van der Waals surface area (Å²) in [6, 6.07) is 13.9. The van der Waals surface area contributed by atoms with Crippen molar-refractivity contribution in [2.75, 3.05) is 13.2 Å². The maximum absolute atomic E-state index is 18.3. The van der Waals surface area contributed by atoms with Crippen LogP contribution in [0, 0.1) is 6.92 Å². The first-order valence-electron chi connectivity index (χ1n) is 13.6. The van der Waals surface area contributed by atoms with E-state index in [0.717, 1.165) is 5.56 Å². The summed E-state index contributed by atoms with van der Waals surface area (Å²) in [6.07, 6.45) is 4.26. The molecule has 6 rings (SSSR count). The van der Waals surface area contributed by atoms with E-state index in [1.165, 1.54) is 6.20 Å². The molecule has 1 saturated carbocycles. The molecule has 2 aromatic heterocycles. The second kappa shape index (κ2) is 10.7. The Labute approximate surface area is 252 Å². The third kappa shape index (κ3) is 4.99. The number of carbonyl (C=O) groups excluding carboxylic acids is 1. The molecule has 8 nitrogen and oxygen atoms in total. The van der Waals surface area contributed by atoms with E-state index < -0.39 is 29.8 Å². The van der Waals surface area contributed by atoms with Crippen LogP contribution in [0.4, 0.5) is 4.39 Å². The van der Waals surface area contributed by atoms with Crippen LogP contribution in [0.15, 0.2) is 60.9 Å². The Hall–Kier alpha value is -3.34. The summed E-state index contributed by atoms with van der Waals surface area (Å²) in [5.41, 5.74) is 1.77. The van der Waals surface area contributed by atoms with Gasteiger partial charge >= 0.3 is 0 Å². The minimum absolute atomic E-state index is 0.0573. The molecule has 1 unspecified atom stereocenters. The molecule has 2 N–H and O–H groups in total. The standard InChI is InChI=1S/C31H29Cl2FN4O4/c1-18-36-27(15-37(18)2)26(16-39)31(34)28-24(29(40)38(31)42-17-30(41)11-12-30)10-9-23(19-3-5-20(32)6-4-19)25(28)13-22-8-7-21(33)14-35-22/h3-10,14-15,26,39,41H,11-13,16-17H2,1-2H3/t26?,31-/m0/s1. The summed E-state index contributed by atoms with van der Waals surface area (Å²) < 4.78 is 20.0. The van der Waals surface area contributed by atoms with Gasteiger partial charge in [-0.3, -0.25) is 14.6 Å². The molecule has 11 heteroatoms. The Bertz CT molecular complexity index is 1640. The summed E-state index contributed by atoms with van der Waals surface area (Å²) in [4.78, 5) is 28.7. The first-order valence-corrected chi connectivity index (χ1v) is 14.3. The normalized spacial score (nSPS) is 19.7. The molecule has 2 aromatic carbocycles. The number of alkyl halides is 1. The van der Waals surface area contributed by atoms with Gasteiger partial charge in [0.05, 0.1) is 34.4 Å². The van der Waals surface area contributed by atoms with Crippen molar-refractivity contribution in [2.45, 2.75) is 43.5 Å². The van der Waals surface area contributed by atoms with Gasteiger partial charge in [0.15, 0.2) is 0 Å². The number of aromatic nitrogens is 3. The smallest absolute Gasteiger partial charge is 0.281 e. The average molecular weight is 612 g/mol. The Morgan fingerprint density at radius 3 is 2.36 bits per heavy atom. The van der Waals surface area contributed by atoms with E-state index in [2.05, 4.69) is 9.97 Å². The molecule has 1 aliphatic heterocycles. The molecule has 2 atom stereocenters. The summed E-state index contributed by atoms with van der Waals surface area (Å²) in [6.45, 7) is 0.827. The number of pyridine rings is 1. The fourth-order valence-electron chi connectivity index (χ4n) is 5.47. The lowest BCUT2D eigenvalue weighted by Gasteiger charge is -2.37. The van der Waals surface area contributed by atoms with E-state index in [0.29, 0.717) is 50.6 Å². The van der Waals surface area contributed by atoms with Crippen LogP contribution in [-0.4, -0.2) is 54.5 Å². The monoisotopic (exact) mass is 610 g/mol. The first kappa shape index (κ1) is 28.8. The maximum atomic E-state index is 18.3. The van der Waals surface area contributed by atoms with E-state index >= 15 is 4.39 Å². The number of aliphatic hydroxyl groups excluding tert-OH is 1. The lowest BCUT2D eigenvalue weighted by molar-refractivity contribution is -0.251. The van der Waals surface area contributed by atoms with Gasteiger partial charge in [-0.05, 0) is 66.8 Å². The molecule has 0 bridgehead atoms. The van der Waals surface area contributed by atoms with Gasteiger partial charge in [-0.2, -0.15) is 5.06 Å². The number of carbonyl (C=O) groups is 1. The van der Waals surface area contributed by atoms with Gasteiger partial charge in [0.2, 0.25) is 5.79 Å². The Kier molecular flexibility index (Phi) is 7.35. The number of rotatable bonds is 9. The van der Waals surface area contributed by atoms with Crippen LogP contribution in [0.3, 0.4) is 0 Å². The minimum atomic E-state index is -2.68. The molecule has 1 amide bonds. The number of aryl methyl sites for hydroxylation is 2. The van der Waals surface area contributed by atoms with Crippen LogP contribution in [0.2, 0.25) is 10.0 Å². The van der Waals surface area contributed by atoms with Gasteiger partial charge in [0.1, 0.15) is 12.4 Å². The van der Waals surface area contributed by atoms with E-state index in [9.17, 15) is 15.0 Å². The van der Waals surface area contributed by atoms with Crippen LogP contribution in [0.1, 0.15) is 57.5 Å². The number of imidazole rings is 1. The van der Waals surface area contributed by atoms with E-state index in [1.54, 1.807) is 61.1 Å². The summed E-state index contributed by atoms with van der Waals surface area (Å²) in [5, 5.41) is 22.9. The van der Waals surface area contributed by atoms with Crippen molar-refractivity contribution in [1.29, 1.82) is 0 Å². The third-order valence-corrected chi connectivity index (χ3v) is 8.57. The van der Waals surface area contributed by atoms with E-state index in [-0.39, 0.29) is 29.8 Å². The van der Waals surface area contributed by atoms with Crippen LogP contribution in [-0.2, 0) is 24.1 Å². The number of amides is 1. The molecule has 0 spiro atoms. The lowest BCUT2D eigenvalue weighted by atomic mass is 9.81. The average Bonchev–Trinajstić information content (AvgIpc) is 3.55. The molecule has 218 valence electrons. The molecule has 0 radical (unpaired) electrons. The van der Waals surface area contributed by atoms with Crippen molar-refractivity contribution in [3.05, 3.63) is 105 Å². The molecule has 1 fully saturated rings. The number of fused-ring (bicyclic) bond motifs is 1. The van der Waals surface area contributed by atoms with Gasteiger partial charge < -0.3 is 14.8 Å². The van der Waals surface area contributed by atoms with Gasteiger partial charge in [-0.25, -0.2) is 9.37 Å². The first-order chi connectivity index (χ1) is 20.0. The van der Waals surface area contributed by atoms with Crippen LogP contribution < -0.4 is 0 Å². The van der Waals surface area contributed by atoms with Gasteiger partial charge in [0.25, 0.3) is 5.91 Å². The molecular formula is C31H29Cl2FN4O4. The number of nitrogens with zero attached hydrogens (tertiary/aromatic N) is 4. The number of hydroxylamine groups is 2. The zero-order valence-corrected chi connectivity index (χ0v) is 24.5. The highest BCUT2D eigenvalue weighted by molar-refractivity contribution is 6.30. The Morgan fingerprint density at radius 1 is 1.07 bits per heavy atom. The zero-order valence-electron chi connectivity index (χ0n) is 23.0. The van der Waals surface area contributed by atoms with Gasteiger partial charge in [-0.1, -0.05) is 41.4 Å². The molecule has 2 aliphatic rings. The third-order valence-electron chi connectivity index (χ3n) is 8.09. The Morgan fingerprint density at radius 2 is 1.76 bits per heavy atom. The number of aliphatic hydroxyl groups is 2. The minimum Gasteiger partial charge on any atom is -0.395 e. The summed E-state index contributed by atoms with van der Waals surface area (Å²) in [7, 11) is 1.77. The highest BCUT2D eigenvalue weighted by Gasteiger charge is 2.60. The van der Waals surface area contributed by atoms with Gasteiger partial charge in [0, 0.05) is 42.1 Å². The molecule has 42 heavy (non-hydrogen) atoms. The van der Waals surface area contributed by atoms with Crippen molar-refractivity contribution in [3.63, 3.8) is 0 Å². The highest BCUT2D eigenvalue weighted by atomic mass is 35.5. The number of benzene rings is 2. The molecule has 4 aromatic rings. The molecule has 1 aliphatic carbocycles. The predicted octanol–water partition coefficient (Wildman–Crippen LogP) is 5.50. The number of hydrogen-bond acceptors (Lipinski definition) is 6. The predicted molar refractivity (Wildman–Crippen MR) is 156 cm³/mol. The SMILES string of the molecule is Cc1nc(C(CO)[C@@]2(F)c3c(ccc(-c4ccc(Cl)cc4)c3Cc3ccc(Cl)cn3)C(=O)N2OCC2(O)CC2)cn1C. The van der Waals surface area contributed by atoms with Gasteiger partial charge in [-0.15, -0.1) is 0 Å². The quantitative estimate of drug-likeness (QED) is 0.243. The summed E-state index contributed by atoms with van der Waals surface area (Å²) >= 11 is 12.3. The van der Waals surface area contributed by atoms with Crippen molar-refractivity contribution in [2.24, 2.45) is 7.05 Å². The van der Waals surface area contributed by atoms with E-state index in [1.807, 2.05) is 12.1 Å². The lowest BCUT2D eigenvalue weighted by Crippen LogP contribution is -2.47. The van der Waals surface area contributed by atoms with E-state index in [4.69, 9.17) is 28.0 Å². The topological polar surface area (TPSA) is 101 Å². The number of halogens is 3. The fourth-order valence-corrected chi connectivity index (χ4v) is 5.71. The molecule has 0 saturated heterocycles. The fraction of sp³-hybridized carbons (Fsp3) is 0.323. The van der Waals surface area contributed by atoms with Crippen molar-refractivity contribution in [3.8, 4) is 11.1 Å². The second-order valence-corrected chi connectivity index (χ2v) is 11.9. The number of hydrogen-bond donors (Lipinski definition) is 2. The van der Waals surface area contributed by atoms with Crippen LogP contribution >= 0.6 is 23.2 Å². The highest BCUT2D eigenvalue weighted by Crippen LogP contribution is 2.53. The van der Waals surface area contributed by atoms with Crippen molar-refractivity contribution in [1.82, 2.24) is 19.6 Å². The van der Waals surface area contributed by atoms with Crippen molar-refractivity contribution < 1.29 is 24.2 Å². The molecular weight excluding hydrogens is 582 g/mol.